The number of benzene rings is 3. The molecular weight excluding hydrogens is 360 g/mol. The molecule has 4 heteroatoms. The Morgan fingerprint density at radius 2 is 1.24 bits per heavy atom. The van der Waals surface area contributed by atoms with Gasteiger partial charge in [-0.15, -0.1) is 0 Å². The third kappa shape index (κ3) is 4.54. The van der Waals surface area contributed by atoms with E-state index in [1.54, 1.807) is 0 Å². The van der Waals surface area contributed by atoms with Gasteiger partial charge in [0, 0.05) is 31.7 Å². The summed E-state index contributed by atoms with van der Waals surface area (Å²) >= 11 is 0. The van der Waals surface area contributed by atoms with Crippen LogP contribution in [0.1, 0.15) is 15.9 Å². The molecular formula is C25H24N2O2. The maximum Gasteiger partial charge on any atom is 0.253 e. The Hall–Kier alpha value is -3.40. The van der Waals surface area contributed by atoms with Gasteiger partial charge in [-0.1, -0.05) is 72.8 Å². The van der Waals surface area contributed by atoms with Crippen LogP contribution in [0.4, 0.5) is 0 Å². The van der Waals surface area contributed by atoms with Gasteiger partial charge in [0.25, 0.3) is 5.91 Å². The first-order chi connectivity index (χ1) is 14.2. The fourth-order valence-corrected chi connectivity index (χ4v) is 3.69. The van der Waals surface area contributed by atoms with Crippen LogP contribution in [0.5, 0.6) is 0 Å². The smallest absolute Gasteiger partial charge is 0.253 e. The minimum absolute atomic E-state index is 0.0259. The number of hydrogen-bond acceptors (Lipinski definition) is 2. The van der Waals surface area contributed by atoms with E-state index in [1.165, 1.54) is 0 Å². The van der Waals surface area contributed by atoms with Crippen LogP contribution in [0.25, 0.3) is 11.1 Å². The van der Waals surface area contributed by atoms with Crippen LogP contribution in [0.2, 0.25) is 0 Å². The number of carbonyl (C=O) groups excluding carboxylic acids is 2. The van der Waals surface area contributed by atoms with E-state index in [0.717, 1.165) is 16.7 Å². The Bertz CT molecular complexity index is 978. The SMILES string of the molecule is O=C(Cc1ccccc1)N1CCN(C(=O)c2cccc(-c3ccccc3)c2)CC1. The molecule has 3 aromatic carbocycles. The average Bonchev–Trinajstić information content (AvgIpc) is 2.80. The minimum Gasteiger partial charge on any atom is -0.339 e. The van der Waals surface area contributed by atoms with Gasteiger partial charge in [0.05, 0.1) is 6.42 Å². The molecule has 0 unspecified atom stereocenters. The molecule has 0 N–H and O–H groups in total. The van der Waals surface area contributed by atoms with Gasteiger partial charge in [0.2, 0.25) is 5.91 Å². The lowest BCUT2D eigenvalue weighted by Crippen LogP contribution is -2.51. The molecule has 0 aromatic heterocycles. The maximum atomic E-state index is 13.0. The molecule has 2 amide bonds. The van der Waals surface area contributed by atoms with Gasteiger partial charge in [0.1, 0.15) is 0 Å². The van der Waals surface area contributed by atoms with Crippen LogP contribution in [-0.2, 0) is 11.2 Å². The van der Waals surface area contributed by atoms with Crippen LogP contribution in [0.3, 0.4) is 0 Å². The van der Waals surface area contributed by atoms with Crippen LogP contribution < -0.4 is 0 Å². The quantitative estimate of drug-likeness (QED) is 0.685. The maximum absolute atomic E-state index is 13.0. The number of carbonyl (C=O) groups is 2. The normalized spacial score (nSPS) is 13.9. The highest BCUT2D eigenvalue weighted by molar-refractivity contribution is 5.95. The minimum atomic E-state index is 0.0259. The van der Waals surface area contributed by atoms with Gasteiger partial charge in [-0.3, -0.25) is 9.59 Å². The van der Waals surface area contributed by atoms with Crippen molar-refractivity contribution in [3.8, 4) is 11.1 Å². The molecule has 0 aliphatic carbocycles. The van der Waals surface area contributed by atoms with Crippen molar-refractivity contribution >= 4 is 11.8 Å². The van der Waals surface area contributed by atoms with Crippen LogP contribution in [0.15, 0.2) is 84.9 Å². The van der Waals surface area contributed by atoms with E-state index in [1.807, 2.05) is 94.7 Å². The van der Waals surface area contributed by atoms with Crippen molar-refractivity contribution in [2.24, 2.45) is 0 Å². The number of rotatable bonds is 4. The molecule has 146 valence electrons. The Kier molecular flexibility index (Phi) is 5.71. The van der Waals surface area contributed by atoms with Gasteiger partial charge in [-0.25, -0.2) is 0 Å². The molecule has 0 spiro atoms. The molecule has 4 nitrogen and oxygen atoms in total. The summed E-state index contributed by atoms with van der Waals surface area (Å²) in [7, 11) is 0. The average molecular weight is 384 g/mol. The first-order valence-electron chi connectivity index (χ1n) is 9.97. The molecule has 0 atom stereocenters. The third-order valence-electron chi connectivity index (χ3n) is 5.33. The van der Waals surface area contributed by atoms with Crippen molar-refractivity contribution in [3.63, 3.8) is 0 Å². The van der Waals surface area contributed by atoms with Gasteiger partial charge in [0.15, 0.2) is 0 Å². The van der Waals surface area contributed by atoms with E-state index >= 15 is 0 Å². The lowest BCUT2D eigenvalue weighted by Gasteiger charge is -2.35. The second-order valence-corrected chi connectivity index (χ2v) is 7.28. The molecule has 0 bridgehead atoms. The molecule has 0 saturated carbocycles. The zero-order chi connectivity index (χ0) is 20.1. The highest BCUT2D eigenvalue weighted by Gasteiger charge is 2.25. The zero-order valence-corrected chi connectivity index (χ0v) is 16.3. The first kappa shape index (κ1) is 18.9. The number of piperazine rings is 1. The van der Waals surface area contributed by atoms with Gasteiger partial charge < -0.3 is 9.80 Å². The summed E-state index contributed by atoms with van der Waals surface area (Å²) in [6.45, 7) is 2.29. The molecule has 1 aliphatic rings. The van der Waals surface area contributed by atoms with Crippen molar-refractivity contribution in [3.05, 3.63) is 96.1 Å². The Balaban J connectivity index is 1.37. The van der Waals surface area contributed by atoms with Gasteiger partial charge in [-0.05, 0) is 28.8 Å². The summed E-state index contributed by atoms with van der Waals surface area (Å²) in [5.41, 5.74) is 3.84. The predicted octanol–water partition coefficient (Wildman–Crippen LogP) is 3.88. The van der Waals surface area contributed by atoms with Crippen molar-refractivity contribution in [1.29, 1.82) is 0 Å². The highest BCUT2D eigenvalue weighted by Crippen LogP contribution is 2.21. The third-order valence-corrected chi connectivity index (χ3v) is 5.33. The Morgan fingerprint density at radius 1 is 0.655 bits per heavy atom. The van der Waals surface area contributed by atoms with E-state index in [4.69, 9.17) is 0 Å². The fourth-order valence-electron chi connectivity index (χ4n) is 3.69. The molecule has 1 aliphatic heterocycles. The summed E-state index contributed by atoms with van der Waals surface area (Å²) in [5.74, 6) is 0.146. The van der Waals surface area contributed by atoms with Crippen LogP contribution in [0, 0.1) is 0 Å². The van der Waals surface area contributed by atoms with Gasteiger partial charge in [-0.2, -0.15) is 0 Å². The molecule has 1 heterocycles. The molecule has 1 fully saturated rings. The van der Waals surface area contributed by atoms with E-state index in [0.29, 0.717) is 38.2 Å². The Labute approximate surface area is 171 Å². The van der Waals surface area contributed by atoms with Crippen molar-refractivity contribution in [2.45, 2.75) is 6.42 Å². The van der Waals surface area contributed by atoms with Crippen molar-refractivity contribution in [1.82, 2.24) is 9.80 Å². The van der Waals surface area contributed by atoms with Crippen LogP contribution >= 0.6 is 0 Å². The predicted molar refractivity (Wildman–Crippen MR) is 115 cm³/mol. The summed E-state index contributed by atoms with van der Waals surface area (Å²) in [6, 6.07) is 27.6. The van der Waals surface area contributed by atoms with Gasteiger partial charge >= 0.3 is 0 Å². The molecule has 29 heavy (non-hydrogen) atoms. The number of nitrogens with zero attached hydrogens (tertiary/aromatic N) is 2. The van der Waals surface area contributed by atoms with Crippen molar-refractivity contribution in [2.75, 3.05) is 26.2 Å². The fraction of sp³-hybridized carbons (Fsp3) is 0.200. The molecule has 0 radical (unpaired) electrons. The summed E-state index contributed by atoms with van der Waals surface area (Å²) < 4.78 is 0. The van der Waals surface area contributed by atoms with E-state index in [-0.39, 0.29) is 11.8 Å². The topological polar surface area (TPSA) is 40.6 Å². The lowest BCUT2D eigenvalue weighted by molar-refractivity contribution is -0.131. The molecule has 3 aromatic rings. The monoisotopic (exact) mass is 384 g/mol. The second-order valence-electron chi connectivity index (χ2n) is 7.28. The zero-order valence-electron chi connectivity index (χ0n) is 16.3. The second kappa shape index (κ2) is 8.74. The van der Waals surface area contributed by atoms with E-state index in [9.17, 15) is 9.59 Å². The van der Waals surface area contributed by atoms with E-state index in [2.05, 4.69) is 0 Å². The van der Waals surface area contributed by atoms with E-state index < -0.39 is 0 Å². The standard InChI is InChI=1S/C25H24N2O2/c28-24(18-20-8-3-1-4-9-20)26-14-16-27(17-15-26)25(29)23-13-7-12-22(19-23)21-10-5-2-6-11-21/h1-13,19H,14-18H2. The summed E-state index contributed by atoms with van der Waals surface area (Å²) in [4.78, 5) is 29.2. The van der Waals surface area contributed by atoms with Crippen LogP contribution in [-0.4, -0.2) is 47.8 Å². The summed E-state index contributed by atoms with van der Waals surface area (Å²) in [5, 5.41) is 0. The first-order valence-corrected chi connectivity index (χ1v) is 9.97. The molecule has 4 rings (SSSR count). The molecule has 1 saturated heterocycles. The van der Waals surface area contributed by atoms with Crippen molar-refractivity contribution < 1.29 is 9.59 Å². The lowest BCUT2D eigenvalue weighted by atomic mass is 10.0. The number of hydrogen-bond donors (Lipinski definition) is 0. The highest BCUT2D eigenvalue weighted by atomic mass is 16.2. The Morgan fingerprint density at radius 3 is 1.93 bits per heavy atom. The number of amides is 2. The largest absolute Gasteiger partial charge is 0.339 e. The summed E-state index contributed by atoms with van der Waals surface area (Å²) in [6.07, 6.45) is 0.411.